The molecule has 0 fully saturated rings. The molecule has 0 spiro atoms. The summed E-state index contributed by atoms with van der Waals surface area (Å²) in [5.74, 6) is 0.447. The summed E-state index contributed by atoms with van der Waals surface area (Å²) in [7, 11) is 0. The van der Waals surface area contributed by atoms with Crippen LogP contribution in [0.4, 0.5) is 5.69 Å². The van der Waals surface area contributed by atoms with Crippen LogP contribution in [0.25, 0.3) is 0 Å². The maximum absolute atomic E-state index is 6.04. The van der Waals surface area contributed by atoms with E-state index in [1.807, 2.05) is 19.1 Å². The Balaban J connectivity index is 1.71. The van der Waals surface area contributed by atoms with Gasteiger partial charge in [-0.3, -0.25) is 4.98 Å². The van der Waals surface area contributed by atoms with E-state index >= 15 is 0 Å². The lowest BCUT2D eigenvalue weighted by Crippen LogP contribution is -2.24. The van der Waals surface area contributed by atoms with Gasteiger partial charge in [-0.1, -0.05) is 12.1 Å². The second-order valence-corrected chi connectivity index (χ2v) is 5.80. The molecule has 0 saturated carbocycles. The number of hydrogen-bond donors (Lipinski definition) is 2. The normalized spacial score (nSPS) is 14.5. The van der Waals surface area contributed by atoms with Crippen molar-refractivity contribution in [2.45, 2.75) is 39.2 Å². The van der Waals surface area contributed by atoms with Crippen LogP contribution in [-0.4, -0.2) is 10.9 Å². The molecule has 0 unspecified atom stereocenters. The van der Waals surface area contributed by atoms with Crippen LogP contribution in [0.15, 0.2) is 41.5 Å². The van der Waals surface area contributed by atoms with Crippen LogP contribution < -0.4 is 11.1 Å². The first kappa shape index (κ1) is 14.6. The Morgan fingerprint density at radius 2 is 2.14 bits per heavy atom. The van der Waals surface area contributed by atoms with E-state index in [9.17, 15) is 0 Å². The molecule has 1 aromatic carbocycles. The molecule has 1 aliphatic rings. The van der Waals surface area contributed by atoms with Gasteiger partial charge in [-0.25, -0.2) is 4.99 Å². The number of aliphatic imine (C=N–C) groups is 1. The van der Waals surface area contributed by atoms with E-state index in [4.69, 9.17) is 5.73 Å². The molecule has 1 aromatic heterocycles. The average Bonchev–Trinajstić information content (AvgIpc) is 2.53. The fourth-order valence-electron chi connectivity index (χ4n) is 2.93. The average molecular weight is 294 g/mol. The zero-order valence-electron chi connectivity index (χ0n) is 13.0. The van der Waals surface area contributed by atoms with Crippen molar-refractivity contribution < 1.29 is 0 Å². The zero-order chi connectivity index (χ0) is 15.4. The highest BCUT2D eigenvalue weighted by atomic mass is 15.1. The summed E-state index contributed by atoms with van der Waals surface area (Å²) in [6, 6.07) is 10.4. The molecule has 0 radical (unpaired) electrons. The van der Waals surface area contributed by atoms with Crippen molar-refractivity contribution in [3.8, 4) is 0 Å². The van der Waals surface area contributed by atoms with Gasteiger partial charge in [0.15, 0.2) is 5.96 Å². The SMILES string of the molecule is Cc1ccnc(CN=C(N)Nc2cccc3c2CCCC3)c1. The lowest BCUT2D eigenvalue weighted by molar-refractivity contribution is 0.687. The Hall–Kier alpha value is -2.36. The lowest BCUT2D eigenvalue weighted by atomic mass is 9.90. The van der Waals surface area contributed by atoms with E-state index in [0.717, 1.165) is 24.2 Å². The summed E-state index contributed by atoms with van der Waals surface area (Å²) < 4.78 is 0. The maximum atomic E-state index is 6.04. The molecule has 114 valence electrons. The molecule has 0 aliphatic heterocycles. The third-order valence-corrected chi connectivity index (χ3v) is 4.04. The second-order valence-electron chi connectivity index (χ2n) is 5.80. The Morgan fingerprint density at radius 1 is 1.27 bits per heavy atom. The molecule has 3 N–H and O–H groups in total. The summed E-state index contributed by atoms with van der Waals surface area (Å²) in [6.07, 6.45) is 6.60. The van der Waals surface area contributed by atoms with Crippen LogP contribution in [0, 0.1) is 6.92 Å². The molecule has 0 atom stereocenters. The standard InChI is InChI=1S/C18H22N4/c1-13-9-10-20-15(11-13)12-21-18(19)22-17-8-4-6-14-5-2-3-7-16(14)17/h4,6,8-11H,2-3,5,7,12H2,1H3,(H3,19,21,22). The van der Waals surface area contributed by atoms with Gasteiger partial charge < -0.3 is 11.1 Å². The summed E-state index contributed by atoms with van der Waals surface area (Å²) in [6.45, 7) is 2.54. The number of anilines is 1. The van der Waals surface area contributed by atoms with Crippen molar-refractivity contribution in [3.05, 3.63) is 58.9 Å². The van der Waals surface area contributed by atoms with Gasteiger partial charge in [0.05, 0.1) is 12.2 Å². The van der Waals surface area contributed by atoms with Crippen LogP contribution in [0.2, 0.25) is 0 Å². The number of benzene rings is 1. The van der Waals surface area contributed by atoms with Crippen LogP contribution in [-0.2, 0) is 19.4 Å². The van der Waals surface area contributed by atoms with Crippen LogP contribution in [0.1, 0.15) is 35.2 Å². The lowest BCUT2D eigenvalue weighted by Gasteiger charge is -2.19. The van der Waals surface area contributed by atoms with E-state index in [0.29, 0.717) is 12.5 Å². The van der Waals surface area contributed by atoms with Crippen molar-refractivity contribution in [2.75, 3.05) is 5.32 Å². The van der Waals surface area contributed by atoms with Gasteiger partial charge in [-0.15, -0.1) is 0 Å². The van der Waals surface area contributed by atoms with Gasteiger partial charge in [0, 0.05) is 11.9 Å². The molecule has 2 aromatic rings. The second kappa shape index (κ2) is 6.60. The highest BCUT2D eigenvalue weighted by Crippen LogP contribution is 2.27. The van der Waals surface area contributed by atoms with Gasteiger partial charge in [0.2, 0.25) is 0 Å². The van der Waals surface area contributed by atoms with E-state index in [2.05, 4.69) is 33.5 Å². The minimum Gasteiger partial charge on any atom is -0.370 e. The number of guanidine groups is 1. The van der Waals surface area contributed by atoms with E-state index in [-0.39, 0.29) is 0 Å². The molecular weight excluding hydrogens is 272 g/mol. The van der Waals surface area contributed by atoms with Gasteiger partial charge in [-0.05, 0) is 67.5 Å². The third kappa shape index (κ3) is 3.45. The first-order valence-corrected chi connectivity index (χ1v) is 7.81. The number of rotatable bonds is 3. The predicted molar refractivity (Wildman–Crippen MR) is 91.0 cm³/mol. The fourth-order valence-corrected chi connectivity index (χ4v) is 2.93. The Morgan fingerprint density at radius 3 is 3.00 bits per heavy atom. The first-order valence-electron chi connectivity index (χ1n) is 7.81. The monoisotopic (exact) mass is 294 g/mol. The molecule has 0 bridgehead atoms. The van der Waals surface area contributed by atoms with E-state index < -0.39 is 0 Å². The minimum absolute atomic E-state index is 0.447. The zero-order valence-corrected chi connectivity index (χ0v) is 13.0. The third-order valence-electron chi connectivity index (χ3n) is 4.04. The Labute approximate surface area is 131 Å². The molecule has 4 nitrogen and oxygen atoms in total. The summed E-state index contributed by atoms with van der Waals surface area (Å²) >= 11 is 0. The van der Waals surface area contributed by atoms with Gasteiger partial charge in [0.25, 0.3) is 0 Å². The number of aromatic nitrogens is 1. The highest BCUT2D eigenvalue weighted by Gasteiger charge is 2.13. The number of nitrogens with one attached hydrogen (secondary N) is 1. The molecule has 3 rings (SSSR count). The Kier molecular flexibility index (Phi) is 4.37. The highest BCUT2D eigenvalue weighted by molar-refractivity contribution is 5.93. The number of hydrogen-bond acceptors (Lipinski definition) is 2. The van der Waals surface area contributed by atoms with Crippen molar-refractivity contribution in [3.63, 3.8) is 0 Å². The van der Waals surface area contributed by atoms with Gasteiger partial charge in [0.1, 0.15) is 0 Å². The largest absolute Gasteiger partial charge is 0.370 e. The van der Waals surface area contributed by atoms with Crippen LogP contribution in [0.5, 0.6) is 0 Å². The molecule has 1 aliphatic carbocycles. The Bertz CT molecular complexity index is 691. The number of aryl methyl sites for hydroxylation is 2. The maximum Gasteiger partial charge on any atom is 0.193 e. The fraction of sp³-hybridized carbons (Fsp3) is 0.333. The van der Waals surface area contributed by atoms with Gasteiger partial charge in [-0.2, -0.15) is 0 Å². The number of fused-ring (bicyclic) bond motifs is 1. The van der Waals surface area contributed by atoms with Crippen molar-refractivity contribution in [1.82, 2.24) is 4.98 Å². The first-order chi connectivity index (χ1) is 10.7. The molecule has 22 heavy (non-hydrogen) atoms. The van der Waals surface area contributed by atoms with Gasteiger partial charge >= 0.3 is 0 Å². The van der Waals surface area contributed by atoms with Crippen molar-refractivity contribution >= 4 is 11.6 Å². The molecule has 0 saturated heterocycles. The summed E-state index contributed by atoms with van der Waals surface area (Å²) in [5.41, 5.74) is 12.1. The summed E-state index contributed by atoms with van der Waals surface area (Å²) in [5, 5.41) is 3.25. The molecule has 1 heterocycles. The van der Waals surface area contributed by atoms with Crippen molar-refractivity contribution in [2.24, 2.45) is 10.7 Å². The topological polar surface area (TPSA) is 63.3 Å². The number of nitrogens with zero attached hydrogens (tertiary/aromatic N) is 2. The van der Waals surface area contributed by atoms with Crippen LogP contribution in [0.3, 0.4) is 0 Å². The number of nitrogens with two attached hydrogens (primary N) is 1. The molecule has 0 amide bonds. The van der Waals surface area contributed by atoms with E-state index in [1.54, 1.807) is 6.20 Å². The summed E-state index contributed by atoms with van der Waals surface area (Å²) in [4.78, 5) is 8.70. The smallest absolute Gasteiger partial charge is 0.193 e. The van der Waals surface area contributed by atoms with Crippen molar-refractivity contribution in [1.29, 1.82) is 0 Å². The minimum atomic E-state index is 0.447. The predicted octanol–water partition coefficient (Wildman–Crippen LogP) is 3.20. The number of pyridine rings is 1. The molecular formula is C18H22N4. The van der Waals surface area contributed by atoms with E-state index in [1.165, 1.54) is 29.5 Å². The molecule has 4 heteroatoms. The van der Waals surface area contributed by atoms with Crippen LogP contribution >= 0.6 is 0 Å². The quantitative estimate of drug-likeness (QED) is 0.675.